The summed E-state index contributed by atoms with van der Waals surface area (Å²) in [6, 6.07) is 24.6. The molecular weight excluding hydrogens is 430 g/mol. The maximum absolute atomic E-state index is 9.00. The van der Waals surface area contributed by atoms with Crippen molar-refractivity contribution in [1.29, 1.82) is 0 Å². The molecule has 0 radical (unpaired) electrons. The average Bonchev–Trinajstić information content (AvgIpc) is 2.82. The van der Waals surface area contributed by atoms with Crippen molar-refractivity contribution in [1.82, 2.24) is 4.90 Å². The van der Waals surface area contributed by atoms with Crippen LogP contribution in [0.2, 0.25) is 0 Å². The van der Waals surface area contributed by atoms with Gasteiger partial charge in [0.1, 0.15) is 0 Å². The first-order valence-corrected chi connectivity index (χ1v) is 12.1. The lowest BCUT2D eigenvalue weighted by atomic mass is 9.92. The molecule has 1 unspecified atom stereocenters. The van der Waals surface area contributed by atoms with Crippen LogP contribution in [0.5, 0.6) is 0 Å². The quantitative estimate of drug-likeness (QED) is 0.397. The van der Waals surface area contributed by atoms with Crippen molar-refractivity contribution in [3.05, 3.63) is 77.9 Å². The first-order chi connectivity index (χ1) is 15.9. The summed E-state index contributed by atoms with van der Waals surface area (Å²) in [6.07, 6.45) is 0. The molecule has 0 bridgehead atoms. The molecule has 1 saturated heterocycles. The molecule has 1 fully saturated rings. The topological polar surface area (TPSA) is 55.8 Å². The monoisotopic (exact) mass is 461 g/mol. The number of piperazine rings is 1. The van der Waals surface area contributed by atoms with Crippen LogP contribution in [0, 0.1) is 0 Å². The summed E-state index contributed by atoms with van der Waals surface area (Å²) in [6.45, 7) is 7.89. The largest absolute Gasteiger partial charge is 0.481 e. The molecule has 2 aliphatic heterocycles. The number of para-hydroxylation sites is 1. The van der Waals surface area contributed by atoms with Crippen LogP contribution < -0.4 is 10.2 Å². The van der Waals surface area contributed by atoms with E-state index in [1.807, 2.05) is 11.8 Å². The van der Waals surface area contributed by atoms with Gasteiger partial charge < -0.3 is 20.2 Å². The normalized spacial score (nSPS) is 15.9. The van der Waals surface area contributed by atoms with Crippen LogP contribution in [0.4, 0.5) is 17.1 Å². The summed E-state index contributed by atoms with van der Waals surface area (Å²) in [5.74, 6) is -0.467. The molecule has 3 aromatic rings. The third kappa shape index (κ3) is 5.70. The lowest BCUT2D eigenvalue weighted by molar-refractivity contribution is -0.134. The van der Waals surface area contributed by atoms with Crippen LogP contribution in [0.1, 0.15) is 30.9 Å². The van der Waals surface area contributed by atoms with Crippen LogP contribution in [-0.4, -0.2) is 49.2 Å². The third-order valence-electron chi connectivity index (χ3n) is 6.14. The molecule has 6 heteroatoms. The maximum Gasteiger partial charge on any atom is 0.300 e. The average molecular weight is 462 g/mol. The Morgan fingerprint density at radius 3 is 2.21 bits per heavy atom. The van der Waals surface area contributed by atoms with Crippen molar-refractivity contribution in [2.24, 2.45) is 0 Å². The molecular formula is C27H31N3O2S. The van der Waals surface area contributed by atoms with E-state index >= 15 is 0 Å². The second-order valence-electron chi connectivity index (χ2n) is 8.60. The standard InChI is InChI=1S/C25H27N3S.C2H4O2/c1-18(19-7-10-21(11-8-19)28-15-13-27(2)14-16-28)20-9-12-25-23(17-20)26-22-5-3-4-6-24(22)29-25;1-2(3)4/h3-12,17-18,26H,13-16H2,1-2H3;1H3,(H,3,4). The van der Waals surface area contributed by atoms with Gasteiger partial charge in [0, 0.05) is 54.5 Å². The zero-order chi connectivity index (χ0) is 23.4. The molecule has 3 aromatic carbocycles. The number of carboxylic acid groups (broad SMARTS) is 1. The molecule has 2 N–H and O–H groups in total. The Bertz CT molecular complexity index is 1100. The van der Waals surface area contributed by atoms with E-state index in [1.165, 1.54) is 38.0 Å². The molecule has 2 heterocycles. The van der Waals surface area contributed by atoms with Crippen LogP contribution in [-0.2, 0) is 4.79 Å². The van der Waals surface area contributed by atoms with E-state index in [1.54, 1.807) is 0 Å². The van der Waals surface area contributed by atoms with Crippen LogP contribution in [0.25, 0.3) is 0 Å². The molecule has 0 spiro atoms. The van der Waals surface area contributed by atoms with Gasteiger partial charge in [0.2, 0.25) is 0 Å². The number of likely N-dealkylation sites (N-methyl/N-ethyl adjacent to an activating group) is 1. The fourth-order valence-electron chi connectivity index (χ4n) is 4.16. The highest BCUT2D eigenvalue weighted by atomic mass is 32.2. The number of nitrogens with zero attached hydrogens (tertiary/aromatic N) is 2. The van der Waals surface area contributed by atoms with Crippen molar-refractivity contribution in [2.75, 3.05) is 43.4 Å². The summed E-state index contributed by atoms with van der Waals surface area (Å²) < 4.78 is 0. The minimum absolute atomic E-state index is 0.366. The van der Waals surface area contributed by atoms with Crippen molar-refractivity contribution >= 4 is 34.8 Å². The number of aliphatic carboxylic acids is 1. The van der Waals surface area contributed by atoms with Crippen LogP contribution >= 0.6 is 11.8 Å². The number of nitrogens with one attached hydrogen (secondary N) is 1. The zero-order valence-corrected chi connectivity index (χ0v) is 20.2. The van der Waals surface area contributed by atoms with Crippen molar-refractivity contribution < 1.29 is 9.90 Å². The fraction of sp³-hybridized carbons (Fsp3) is 0.296. The fourth-order valence-corrected chi connectivity index (χ4v) is 5.13. The highest BCUT2D eigenvalue weighted by Crippen LogP contribution is 2.45. The van der Waals surface area contributed by atoms with Crippen molar-refractivity contribution in [2.45, 2.75) is 29.6 Å². The molecule has 0 aliphatic carbocycles. The molecule has 0 saturated carbocycles. The smallest absolute Gasteiger partial charge is 0.300 e. The van der Waals surface area contributed by atoms with Gasteiger partial charge in [0.25, 0.3) is 5.97 Å². The second-order valence-corrected chi connectivity index (χ2v) is 9.69. The Kier molecular flexibility index (Phi) is 7.26. The lowest BCUT2D eigenvalue weighted by Crippen LogP contribution is -2.44. The van der Waals surface area contributed by atoms with E-state index in [9.17, 15) is 0 Å². The van der Waals surface area contributed by atoms with Gasteiger partial charge in [-0.15, -0.1) is 0 Å². The van der Waals surface area contributed by atoms with Gasteiger partial charge in [-0.1, -0.05) is 49.0 Å². The summed E-state index contributed by atoms with van der Waals surface area (Å²) in [4.78, 5) is 16.5. The van der Waals surface area contributed by atoms with E-state index < -0.39 is 5.97 Å². The number of carboxylic acids is 1. The van der Waals surface area contributed by atoms with Crippen molar-refractivity contribution in [3.8, 4) is 0 Å². The van der Waals surface area contributed by atoms with Crippen LogP contribution in [0.15, 0.2) is 76.5 Å². The molecule has 5 rings (SSSR count). The number of anilines is 3. The first kappa shape index (κ1) is 23.2. The van der Waals surface area contributed by atoms with Gasteiger partial charge in [0.05, 0.1) is 11.4 Å². The maximum atomic E-state index is 9.00. The number of carbonyl (C=O) groups is 1. The molecule has 0 aromatic heterocycles. The van der Waals surface area contributed by atoms with Gasteiger partial charge >= 0.3 is 0 Å². The second kappa shape index (κ2) is 10.3. The number of hydrogen-bond acceptors (Lipinski definition) is 5. The highest BCUT2D eigenvalue weighted by Gasteiger charge is 2.18. The summed E-state index contributed by atoms with van der Waals surface area (Å²) in [7, 11) is 2.20. The number of benzene rings is 3. The first-order valence-electron chi connectivity index (χ1n) is 11.3. The molecule has 33 heavy (non-hydrogen) atoms. The number of fused-ring (bicyclic) bond motifs is 2. The summed E-state index contributed by atoms with van der Waals surface area (Å²) >= 11 is 1.85. The van der Waals surface area contributed by atoms with E-state index in [0.29, 0.717) is 5.92 Å². The molecule has 5 nitrogen and oxygen atoms in total. The van der Waals surface area contributed by atoms with Gasteiger partial charge in [-0.25, -0.2) is 0 Å². The Labute approximate surface area is 200 Å². The Morgan fingerprint density at radius 1 is 0.909 bits per heavy atom. The number of hydrogen-bond donors (Lipinski definition) is 2. The summed E-state index contributed by atoms with van der Waals surface area (Å²) in [5, 5.41) is 11.0. The molecule has 0 amide bonds. The predicted molar refractivity (Wildman–Crippen MR) is 137 cm³/mol. The van der Waals surface area contributed by atoms with Gasteiger partial charge in [-0.3, -0.25) is 4.79 Å². The van der Waals surface area contributed by atoms with Gasteiger partial charge in [0.15, 0.2) is 0 Å². The molecule has 1 atom stereocenters. The minimum Gasteiger partial charge on any atom is -0.481 e. The van der Waals surface area contributed by atoms with E-state index in [2.05, 4.69) is 95.8 Å². The zero-order valence-electron chi connectivity index (χ0n) is 19.4. The van der Waals surface area contributed by atoms with E-state index in [0.717, 1.165) is 33.1 Å². The van der Waals surface area contributed by atoms with E-state index in [-0.39, 0.29) is 0 Å². The molecule has 172 valence electrons. The Morgan fingerprint density at radius 2 is 1.52 bits per heavy atom. The van der Waals surface area contributed by atoms with Gasteiger partial charge in [-0.2, -0.15) is 0 Å². The lowest BCUT2D eigenvalue weighted by Gasteiger charge is -2.34. The minimum atomic E-state index is -0.833. The van der Waals surface area contributed by atoms with Crippen molar-refractivity contribution in [3.63, 3.8) is 0 Å². The predicted octanol–water partition coefficient (Wildman–Crippen LogP) is 5.89. The Balaban J connectivity index is 0.000000601. The van der Waals surface area contributed by atoms with Gasteiger partial charge in [-0.05, 0) is 54.6 Å². The van der Waals surface area contributed by atoms with Crippen LogP contribution in [0.3, 0.4) is 0 Å². The van der Waals surface area contributed by atoms with E-state index in [4.69, 9.17) is 9.90 Å². The Hall–Kier alpha value is -2.96. The summed E-state index contributed by atoms with van der Waals surface area (Å²) in [5.41, 5.74) is 6.47. The highest BCUT2D eigenvalue weighted by molar-refractivity contribution is 7.99. The number of rotatable bonds is 3. The SMILES string of the molecule is CC(=O)O.CC(c1ccc(N2CCN(C)CC2)cc1)c1ccc2c(c1)Nc1ccccc1S2. The molecule has 2 aliphatic rings. The third-order valence-corrected chi connectivity index (χ3v) is 7.29.